The van der Waals surface area contributed by atoms with Gasteiger partial charge in [-0.15, -0.1) is 0 Å². The average Bonchev–Trinajstić information content (AvgIpc) is 2.68. The van der Waals surface area contributed by atoms with Crippen molar-refractivity contribution >= 4 is 11.7 Å². The first-order valence-corrected chi connectivity index (χ1v) is 6.15. The molecule has 18 heavy (non-hydrogen) atoms. The lowest BCUT2D eigenvalue weighted by Gasteiger charge is -2.28. The summed E-state index contributed by atoms with van der Waals surface area (Å²) >= 11 is 0. The van der Waals surface area contributed by atoms with Crippen molar-refractivity contribution in [1.29, 1.82) is 0 Å². The zero-order valence-corrected chi connectivity index (χ0v) is 11.8. The van der Waals surface area contributed by atoms with Gasteiger partial charge in [0.25, 0.3) is 0 Å². The molecule has 0 saturated carbocycles. The highest BCUT2D eigenvalue weighted by molar-refractivity contribution is 6.05. The van der Waals surface area contributed by atoms with E-state index in [4.69, 9.17) is 10.9 Å². The maximum atomic E-state index is 12.4. The Morgan fingerprint density at radius 1 is 1.44 bits per heavy atom. The van der Waals surface area contributed by atoms with Crippen molar-refractivity contribution in [3.05, 3.63) is 0 Å². The standard InChI is InChI=1S/C12H24N4O2/c1-8-6-16(7-9(8)15(4)5)11(17)12(2,3)10(13)14-18/h8-9,18H,6-7H2,1-5H3,(H2,13,14). The zero-order chi connectivity index (χ0) is 14.1. The number of rotatable bonds is 3. The Balaban J connectivity index is 2.82. The molecule has 1 rings (SSSR count). The van der Waals surface area contributed by atoms with E-state index in [0.29, 0.717) is 25.0 Å². The van der Waals surface area contributed by atoms with E-state index in [1.165, 1.54) is 0 Å². The Morgan fingerprint density at radius 3 is 2.39 bits per heavy atom. The minimum absolute atomic E-state index is 0.0477. The van der Waals surface area contributed by atoms with E-state index in [1.807, 2.05) is 14.1 Å². The SMILES string of the molecule is CC1CN(C(=O)C(C)(C)C(N)=NO)CC1N(C)C. The van der Waals surface area contributed by atoms with E-state index >= 15 is 0 Å². The van der Waals surface area contributed by atoms with E-state index in [0.717, 1.165) is 0 Å². The minimum atomic E-state index is -0.963. The summed E-state index contributed by atoms with van der Waals surface area (Å²) in [6, 6.07) is 0.358. The third-order valence-corrected chi connectivity index (χ3v) is 3.81. The quantitative estimate of drug-likeness (QED) is 0.326. The molecule has 0 bridgehead atoms. The van der Waals surface area contributed by atoms with E-state index in [1.54, 1.807) is 18.7 Å². The van der Waals surface area contributed by atoms with Gasteiger partial charge in [-0.1, -0.05) is 12.1 Å². The van der Waals surface area contributed by atoms with E-state index < -0.39 is 5.41 Å². The zero-order valence-electron chi connectivity index (χ0n) is 11.8. The molecular weight excluding hydrogens is 232 g/mol. The predicted molar refractivity (Wildman–Crippen MR) is 70.4 cm³/mol. The van der Waals surface area contributed by atoms with Crippen molar-refractivity contribution in [3.63, 3.8) is 0 Å². The highest BCUT2D eigenvalue weighted by Crippen LogP contribution is 2.26. The van der Waals surface area contributed by atoms with Gasteiger partial charge in [-0.25, -0.2) is 0 Å². The third-order valence-electron chi connectivity index (χ3n) is 3.81. The number of hydrogen-bond acceptors (Lipinski definition) is 4. The van der Waals surface area contributed by atoms with Crippen LogP contribution in [0.5, 0.6) is 0 Å². The summed E-state index contributed by atoms with van der Waals surface area (Å²) in [6.07, 6.45) is 0. The summed E-state index contributed by atoms with van der Waals surface area (Å²) in [5.74, 6) is 0.287. The van der Waals surface area contributed by atoms with Crippen molar-refractivity contribution in [2.75, 3.05) is 27.2 Å². The highest BCUT2D eigenvalue weighted by atomic mass is 16.4. The molecule has 1 aliphatic rings. The number of oxime groups is 1. The van der Waals surface area contributed by atoms with Crippen LogP contribution in [0, 0.1) is 11.3 Å². The molecule has 2 atom stereocenters. The number of amidine groups is 1. The van der Waals surface area contributed by atoms with Crippen LogP contribution >= 0.6 is 0 Å². The van der Waals surface area contributed by atoms with Crippen LogP contribution in [0.3, 0.4) is 0 Å². The molecule has 1 aliphatic heterocycles. The number of likely N-dealkylation sites (tertiary alicyclic amines) is 1. The summed E-state index contributed by atoms with van der Waals surface area (Å²) in [5.41, 5.74) is 4.63. The van der Waals surface area contributed by atoms with Crippen LogP contribution in [0.1, 0.15) is 20.8 Å². The fourth-order valence-corrected chi connectivity index (χ4v) is 2.42. The molecule has 1 heterocycles. The van der Waals surface area contributed by atoms with Gasteiger partial charge in [0, 0.05) is 19.1 Å². The molecule has 0 aromatic rings. The van der Waals surface area contributed by atoms with Gasteiger partial charge in [-0.2, -0.15) is 0 Å². The second-order valence-corrected chi connectivity index (χ2v) is 5.83. The topological polar surface area (TPSA) is 82.2 Å². The number of carbonyl (C=O) groups is 1. The molecule has 1 amide bonds. The second kappa shape index (κ2) is 5.14. The smallest absolute Gasteiger partial charge is 0.236 e. The minimum Gasteiger partial charge on any atom is -0.409 e. The summed E-state index contributed by atoms with van der Waals surface area (Å²) in [4.78, 5) is 16.3. The highest BCUT2D eigenvalue weighted by Gasteiger charge is 2.41. The van der Waals surface area contributed by atoms with Crippen molar-refractivity contribution < 1.29 is 10.0 Å². The molecule has 1 saturated heterocycles. The molecule has 2 unspecified atom stereocenters. The molecule has 0 aromatic carbocycles. The molecule has 6 nitrogen and oxygen atoms in total. The third kappa shape index (κ3) is 2.58. The van der Waals surface area contributed by atoms with Crippen LogP contribution < -0.4 is 5.73 Å². The summed E-state index contributed by atoms with van der Waals surface area (Å²) in [6.45, 7) is 6.89. The molecule has 0 aliphatic carbocycles. The fourth-order valence-electron chi connectivity index (χ4n) is 2.42. The van der Waals surface area contributed by atoms with Gasteiger partial charge in [0.05, 0.1) is 0 Å². The monoisotopic (exact) mass is 256 g/mol. The molecule has 0 spiro atoms. The van der Waals surface area contributed by atoms with E-state index in [-0.39, 0.29) is 11.7 Å². The van der Waals surface area contributed by atoms with Gasteiger partial charge in [0.15, 0.2) is 5.84 Å². The lowest BCUT2D eigenvalue weighted by Crippen LogP contribution is -2.48. The number of nitrogens with two attached hydrogens (primary N) is 1. The Morgan fingerprint density at radius 2 is 2.00 bits per heavy atom. The first kappa shape index (κ1) is 14.8. The Labute approximate surface area is 108 Å². The van der Waals surface area contributed by atoms with Crippen LogP contribution in [-0.4, -0.2) is 60.0 Å². The fraction of sp³-hybridized carbons (Fsp3) is 0.833. The Hall–Kier alpha value is -1.30. The Kier molecular flexibility index (Phi) is 4.21. The first-order valence-electron chi connectivity index (χ1n) is 6.15. The largest absolute Gasteiger partial charge is 0.409 e. The summed E-state index contributed by atoms with van der Waals surface area (Å²) in [5, 5.41) is 11.7. The Bertz CT molecular complexity index is 352. The lowest BCUT2D eigenvalue weighted by molar-refractivity contribution is -0.136. The second-order valence-electron chi connectivity index (χ2n) is 5.83. The molecule has 6 heteroatoms. The van der Waals surface area contributed by atoms with Crippen LogP contribution in [0.2, 0.25) is 0 Å². The maximum absolute atomic E-state index is 12.4. The van der Waals surface area contributed by atoms with Crippen molar-refractivity contribution in [1.82, 2.24) is 9.80 Å². The number of hydrogen-bond donors (Lipinski definition) is 2. The molecular formula is C12H24N4O2. The van der Waals surface area contributed by atoms with Crippen molar-refractivity contribution in [3.8, 4) is 0 Å². The number of likely N-dealkylation sites (N-methyl/N-ethyl adjacent to an activating group) is 1. The normalized spacial score (nSPS) is 25.9. The van der Waals surface area contributed by atoms with Gasteiger partial charge in [0.2, 0.25) is 5.91 Å². The van der Waals surface area contributed by atoms with Crippen LogP contribution in [-0.2, 0) is 4.79 Å². The summed E-state index contributed by atoms with van der Waals surface area (Å²) < 4.78 is 0. The first-order chi connectivity index (χ1) is 8.21. The molecule has 104 valence electrons. The van der Waals surface area contributed by atoms with E-state index in [2.05, 4.69) is 17.0 Å². The van der Waals surface area contributed by atoms with Crippen molar-refractivity contribution in [2.24, 2.45) is 22.2 Å². The van der Waals surface area contributed by atoms with Crippen LogP contribution in [0.25, 0.3) is 0 Å². The van der Waals surface area contributed by atoms with Gasteiger partial charge in [-0.05, 0) is 33.9 Å². The molecule has 0 aromatic heterocycles. The molecule has 1 fully saturated rings. The average molecular weight is 256 g/mol. The maximum Gasteiger partial charge on any atom is 0.236 e. The van der Waals surface area contributed by atoms with Crippen LogP contribution in [0.15, 0.2) is 5.16 Å². The van der Waals surface area contributed by atoms with Crippen LogP contribution in [0.4, 0.5) is 0 Å². The number of amides is 1. The summed E-state index contributed by atoms with van der Waals surface area (Å²) in [7, 11) is 4.04. The molecule has 3 N–H and O–H groups in total. The van der Waals surface area contributed by atoms with Gasteiger partial charge >= 0.3 is 0 Å². The van der Waals surface area contributed by atoms with Crippen molar-refractivity contribution in [2.45, 2.75) is 26.8 Å². The van der Waals surface area contributed by atoms with E-state index in [9.17, 15) is 4.79 Å². The van der Waals surface area contributed by atoms with Gasteiger partial charge in [-0.3, -0.25) is 4.79 Å². The predicted octanol–water partition coefficient (Wildman–Crippen LogP) is 0.168. The van der Waals surface area contributed by atoms with Gasteiger partial charge in [0.1, 0.15) is 5.41 Å². The molecule has 0 radical (unpaired) electrons. The lowest BCUT2D eigenvalue weighted by atomic mass is 9.90. The number of nitrogens with zero attached hydrogens (tertiary/aromatic N) is 3. The van der Waals surface area contributed by atoms with Gasteiger partial charge < -0.3 is 20.7 Å². The number of carbonyl (C=O) groups excluding carboxylic acids is 1.